The molecule has 2 rings (SSSR count). The maximum Gasteiger partial charge on any atom is 0.258 e. The van der Waals surface area contributed by atoms with E-state index in [0.717, 1.165) is 6.42 Å². The highest BCUT2D eigenvalue weighted by Gasteiger charge is 2.13. The van der Waals surface area contributed by atoms with Crippen LogP contribution in [0.1, 0.15) is 23.7 Å². The van der Waals surface area contributed by atoms with E-state index in [1.807, 2.05) is 6.92 Å². The molecule has 2 aromatic rings. The van der Waals surface area contributed by atoms with Crippen molar-refractivity contribution >= 4 is 23.5 Å². The number of hydrogen-bond donors (Lipinski definition) is 1. The van der Waals surface area contributed by atoms with Crippen molar-refractivity contribution in [1.29, 1.82) is 0 Å². The van der Waals surface area contributed by atoms with Crippen molar-refractivity contribution in [1.82, 2.24) is 20.2 Å². The van der Waals surface area contributed by atoms with Crippen LogP contribution in [0.15, 0.2) is 18.2 Å². The summed E-state index contributed by atoms with van der Waals surface area (Å²) in [6, 6.07) is 4.78. The molecule has 0 bridgehead atoms. The lowest BCUT2D eigenvalue weighted by Gasteiger charge is -2.07. The summed E-state index contributed by atoms with van der Waals surface area (Å²) < 4.78 is 6.57. The average molecular weight is 296 g/mol. The summed E-state index contributed by atoms with van der Waals surface area (Å²) in [7, 11) is 1.51. The van der Waals surface area contributed by atoms with Gasteiger partial charge in [0.1, 0.15) is 5.75 Å². The second-order valence-electron chi connectivity index (χ2n) is 4.03. The van der Waals surface area contributed by atoms with Crippen molar-refractivity contribution in [2.45, 2.75) is 19.9 Å². The molecule has 0 spiro atoms. The Labute approximate surface area is 120 Å². The van der Waals surface area contributed by atoms with Crippen LogP contribution in [-0.4, -0.2) is 33.2 Å². The number of methoxy groups -OCH3 is 1. The third-order valence-corrected chi connectivity index (χ3v) is 2.90. The fourth-order valence-corrected chi connectivity index (χ4v) is 1.90. The summed E-state index contributed by atoms with van der Waals surface area (Å²) in [5.74, 6) is 0.490. The van der Waals surface area contributed by atoms with Gasteiger partial charge in [-0.3, -0.25) is 10.1 Å². The monoisotopic (exact) mass is 295 g/mol. The van der Waals surface area contributed by atoms with E-state index < -0.39 is 0 Å². The smallest absolute Gasteiger partial charge is 0.258 e. The SMILES string of the molecule is CCCn1nnnc1NC(=O)c1ccc(OC)c(Cl)c1. The van der Waals surface area contributed by atoms with E-state index in [2.05, 4.69) is 20.8 Å². The van der Waals surface area contributed by atoms with Crippen LogP contribution in [0, 0.1) is 0 Å². The number of rotatable bonds is 5. The van der Waals surface area contributed by atoms with Crippen molar-refractivity contribution in [3.8, 4) is 5.75 Å². The molecule has 0 aliphatic carbocycles. The molecule has 0 atom stereocenters. The number of nitrogens with zero attached hydrogens (tertiary/aromatic N) is 4. The molecular formula is C12H14ClN5O2. The fourth-order valence-electron chi connectivity index (χ4n) is 1.64. The second kappa shape index (κ2) is 6.33. The maximum atomic E-state index is 12.1. The Balaban J connectivity index is 2.15. The first kappa shape index (κ1) is 14.3. The van der Waals surface area contributed by atoms with Gasteiger partial charge in [0.25, 0.3) is 5.91 Å². The molecule has 0 saturated heterocycles. The molecule has 1 amide bonds. The van der Waals surface area contributed by atoms with Crippen LogP contribution in [-0.2, 0) is 6.54 Å². The zero-order valence-corrected chi connectivity index (χ0v) is 11.9. The Kier molecular flexibility index (Phi) is 4.52. The second-order valence-corrected chi connectivity index (χ2v) is 4.44. The van der Waals surface area contributed by atoms with Crippen LogP contribution in [0.2, 0.25) is 5.02 Å². The fraction of sp³-hybridized carbons (Fsp3) is 0.333. The number of halogens is 1. The molecule has 0 fully saturated rings. The van der Waals surface area contributed by atoms with Crippen LogP contribution in [0.3, 0.4) is 0 Å². The zero-order chi connectivity index (χ0) is 14.5. The Morgan fingerprint density at radius 1 is 1.50 bits per heavy atom. The number of anilines is 1. The molecule has 1 N–H and O–H groups in total. The number of aryl methyl sites for hydroxylation is 1. The lowest BCUT2D eigenvalue weighted by Crippen LogP contribution is -2.16. The molecule has 1 aromatic heterocycles. The molecule has 1 aromatic carbocycles. The minimum atomic E-state index is -0.332. The number of carbonyl (C=O) groups is 1. The average Bonchev–Trinajstić information content (AvgIpc) is 2.86. The minimum absolute atomic E-state index is 0.309. The van der Waals surface area contributed by atoms with Gasteiger partial charge in [-0.2, -0.15) is 0 Å². The van der Waals surface area contributed by atoms with Crippen molar-refractivity contribution < 1.29 is 9.53 Å². The number of carbonyl (C=O) groups excluding carboxylic acids is 1. The lowest BCUT2D eigenvalue weighted by molar-refractivity contribution is 0.102. The van der Waals surface area contributed by atoms with Crippen molar-refractivity contribution in [3.63, 3.8) is 0 Å². The molecule has 106 valence electrons. The summed E-state index contributed by atoms with van der Waals surface area (Å²) >= 11 is 5.99. The standard InChI is InChI=1S/C12H14ClN5O2/c1-3-6-18-12(15-16-17-18)14-11(19)8-4-5-10(20-2)9(13)7-8/h4-5,7H,3,6H2,1-2H3,(H,14,15,17,19). The molecule has 0 radical (unpaired) electrons. The van der Waals surface area contributed by atoms with Gasteiger partial charge in [0.2, 0.25) is 5.95 Å². The first-order valence-electron chi connectivity index (χ1n) is 6.06. The van der Waals surface area contributed by atoms with Crippen LogP contribution < -0.4 is 10.1 Å². The van der Waals surface area contributed by atoms with Crippen LogP contribution in [0.4, 0.5) is 5.95 Å². The van der Waals surface area contributed by atoms with Gasteiger partial charge in [0.05, 0.1) is 12.1 Å². The quantitative estimate of drug-likeness (QED) is 0.912. The first-order chi connectivity index (χ1) is 9.65. The van der Waals surface area contributed by atoms with E-state index in [-0.39, 0.29) is 5.91 Å². The summed E-state index contributed by atoms with van der Waals surface area (Å²) in [6.45, 7) is 2.63. The third-order valence-electron chi connectivity index (χ3n) is 2.61. The highest BCUT2D eigenvalue weighted by atomic mass is 35.5. The van der Waals surface area contributed by atoms with E-state index in [1.165, 1.54) is 17.9 Å². The number of amides is 1. The Hall–Kier alpha value is -2.15. The molecule has 8 heteroatoms. The molecule has 0 saturated carbocycles. The zero-order valence-electron chi connectivity index (χ0n) is 11.1. The summed E-state index contributed by atoms with van der Waals surface area (Å²) in [4.78, 5) is 12.1. The van der Waals surface area contributed by atoms with Crippen molar-refractivity contribution in [3.05, 3.63) is 28.8 Å². The molecule has 7 nitrogen and oxygen atoms in total. The number of ether oxygens (including phenoxy) is 1. The van der Waals surface area contributed by atoms with Gasteiger partial charge in [0.15, 0.2) is 0 Å². The normalized spacial score (nSPS) is 10.3. The molecule has 0 aliphatic rings. The van der Waals surface area contributed by atoms with E-state index in [4.69, 9.17) is 16.3 Å². The number of aromatic nitrogens is 4. The van der Waals surface area contributed by atoms with E-state index in [0.29, 0.717) is 28.8 Å². The minimum Gasteiger partial charge on any atom is -0.495 e. The first-order valence-corrected chi connectivity index (χ1v) is 6.44. The Bertz CT molecular complexity index is 614. The highest BCUT2D eigenvalue weighted by Crippen LogP contribution is 2.25. The summed E-state index contributed by atoms with van der Waals surface area (Å²) in [5.41, 5.74) is 0.404. The van der Waals surface area contributed by atoms with Gasteiger partial charge in [0, 0.05) is 12.1 Å². The maximum absolute atomic E-state index is 12.1. The van der Waals surface area contributed by atoms with Gasteiger partial charge >= 0.3 is 0 Å². The third kappa shape index (κ3) is 3.05. The van der Waals surface area contributed by atoms with Gasteiger partial charge in [-0.25, -0.2) is 4.68 Å². The van der Waals surface area contributed by atoms with Crippen LogP contribution >= 0.6 is 11.6 Å². The van der Waals surface area contributed by atoms with Gasteiger partial charge < -0.3 is 4.74 Å². The largest absolute Gasteiger partial charge is 0.495 e. The predicted molar refractivity (Wildman–Crippen MR) is 74.1 cm³/mol. The molecule has 1 heterocycles. The van der Waals surface area contributed by atoms with Gasteiger partial charge in [-0.05, 0) is 35.0 Å². The summed E-state index contributed by atoms with van der Waals surface area (Å²) in [5, 5.41) is 14.1. The summed E-state index contributed by atoms with van der Waals surface area (Å²) in [6.07, 6.45) is 0.863. The highest BCUT2D eigenvalue weighted by molar-refractivity contribution is 6.32. The van der Waals surface area contributed by atoms with E-state index >= 15 is 0 Å². The van der Waals surface area contributed by atoms with Gasteiger partial charge in [-0.1, -0.05) is 23.6 Å². The number of hydrogen-bond acceptors (Lipinski definition) is 5. The molecule has 0 unspecified atom stereocenters. The molecular weight excluding hydrogens is 282 g/mol. The van der Waals surface area contributed by atoms with Crippen LogP contribution in [0.25, 0.3) is 0 Å². The lowest BCUT2D eigenvalue weighted by atomic mass is 10.2. The van der Waals surface area contributed by atoms with E-state index in [9.17, 15) is 4.79 Å². The molecule has 0 aliphatic heterocycles. The number of nitrogens with one attached hydrogen (secondary N) is 1. The Morgan fingerprint density at radius 3 is 2.95 bits per heavy atom. The Morgan fingerprint density at radius 2 is 2.30 bits per heavy atom. The van der Waals surface area contributed by atoms with E-state index in [1.54, 1.807) is 12.1 Å². The number of benzene rings is 1. The predicted octanol–water partition coefficient (Wildman–Crippen LogP) is 2.00. The van der Waals surface area contributed by atoms with Crippen LogP contribution in [0.5, 0.6) is 5.75 Å². The van der Waals surface area contributed by atoms with Crippen molar-refractivity contribution in [2.75, 3.05) is 12.4 Å². The van der Waals surface area contributed by atoms with Gasteiger partial charge in [-0.15, -0.1) is 0 Å². The topological polar surface area (TPSA) is 81.9 Å². The molecule has 20 heavy (non-hydrogen) atoms. The number of tetrazole rings is 1. The van der Waals surface area contributed by atoms with Crippen molar-refractivity contribution in [2.24, 2.45) is 0 Å².